The van der Waals surface area contributed by atoms with E-state index in [1.165, 1.54) is 12.8 Å². The maximum absolute atomic E-state index is 3.78. The monoisotopic (exact) mass is 161 g/mol. The third kappa shape index (κ3) is 2.37. The summed E-state index contributed by atoms with van der Waals surface area (Å²) in [5.41, 5.74) is 0. The fourth-order valence-electron chi connectivity index (χ4n) is 1.78. The molecule has 2 unspecified atom stereocenters. The largest absolute Gasteiger partial charge is 0.103 e. The number of allylic oxidation sites excluding steroid dienone is 4. The fourth-order valence-corrected chi connectivity index (χ4v) is 1.78. The minimum Gasteiger partial charge on any atom is -0.103 e. The van der Waals surface area contributed by atoms with Gasteiger partial charge in [-0.3, -0.25) is 0 Å². The van der Waals surface area contributed by atoms with Gasteiger partial charge in [-0.15, -0.1) is 13.2 Å². The molecule has 0 N–H and O–H groups in total. The van der Waals surface area contributed by atoms with Crippen molar-refractivity contribution in [3.63, 3.8) is 0 Å². The van der Waals surface area contributed by atoms with Crippen LogP contribution >= 0.6 is 0 Å². The van der Waals surface area contributed by atoms with Crippen LogP contribution in [0.1, 0.15) is 19.3 Å². The Balaban J connectivity index is 2.51. The quantitative estimate of drug-likeness (QED) is 0.553. The van der Waals surface area contributed by atoms with Crippen molar-refractivity contribution >= 4 is 0 Å². The van der Waals surface area contributed by atoms with Gasteiger partial charge >= 0.3 is 0 Å². The van der Waals surface area contributed by atoms with Gasteiger partial charge in [-0.2, -0.15) is 0 Å². The summed E-state index contributed by atoms with van der Waals surface area (Å²) in [7, 11) is 0. The van der Waals surface area contributed by atoms with Crippen molar-refractivity contribution in [3.8, 4) is 0 Å². The van der Waals surface area contributed by atoms with Crippen molar-refractivity contribution in [2.45, 2.75) is 19.3 Å². The Kier molecular flexibility index (Phi) is 3.86. The summed E-state index contributed by atoms with van der Waals surface area (Å²) >= 11 is 0. The minimum atomic E-state index is 0.661. The first-order chi connectivity index (χ1) is 5.88. The van der Waals surface area contributed by atoms with Crippen molar-refractivity contribution in [2.24, 2.45) is 11.8 Å². The maximum Gasteiger partial charge on any atom is -0.0136 e. The molecule has 0 aromatic rings. The van der Waals surface area contributed by atoms with Crippen LogP contribution in [0, 0.1) is 18.3 Å². The van der Waals surface area contributed by atoms with E-state index in [4.69, 9.17) is 0 Å². The van der Waals surface area contributed by atoms with Gasteiger partial charge in [0.1, 0.15) is 0 Å². The zero-order chi connectivity index (χ0) is 8.81. The van der Waals surface area contributed by atoms with E-state index >= 15 is 0 Å². The van der Waals surface area contributed by atoms with Gasteiger partial charge in [-0.25, -0.2) is 0 Å². The molecule has 1 rings (SSSR count). The summed E-state index contributed by atoms with van der Waals surface area (Å²) in [4.78, 5) is 0. The van der Waals surface area contributed by atoms with Crippen LogP contribution in [-0.4, -0.2) is 0 Å². The predicted octanol–water partition coefficient (Wildman–Crippen LogP) is 3.54. The van der Waals surface area contributed by atoms with Crippen LogP contribution in [0.25, 0.3) is 0 Å². The molecule has 1 aliphatic rings. The molecule has 0 aromatic heterocycles. The van der Waals surface area contributed by atoms with Gasteiger partial charge in [0.2, 0.25) is 0 Å². The van der Waals surface area contributed by atoms with Gasteiger partial charge in [0.05, 0.1) is 0 Å². The molecule has 0 nitrogen and oxygen atoms in total. The zero-order valence-corrected chi connectivity index (χ0v) is 7.58. The van der Waals surface area contributed by atoms with Crippen molar-refractivity contribution in [2.75, 3.05) is 0 Å². The summed E-state index contributed by atoms with van der Waals surface area (Å²) in [5, 5.41) is 0. The minimum absolute atomic E-state index is 0.661. The average molecular weight is 161 g/mol. The summed E-state index contributed by atoms with van der Waals surface area (Å²) in [5.74, 6) is 1.35. The second kappa shape index (κ2) is 4.97. The Hall–Kier alpha value is -0.780. The summed E-state index contributed by atoms with van der Waals surface area (Å²) in [6, 6.07) is 0. The van der Waals surface area contributed by atoms with Crippen molar-refractivity contribution in [1.29, 1.82) is 0 Å². The average Bonchev–Trinajstić information content (AvgIpc) is 2.09. The lowest BCUT2D eigenvalue weighted by atomic mass is 9.80. The van der Waals surface area contributed by atoms with E-state index in [1.54, 1.807) is 0 Å². The number of rotatable bonds is 4. The van der Waals surface area contributed by atoms with Crippen molar-refractivity contribution in [1.82, 2.24) is 0 Å². The fraction of sp³-hybridized carbons (Fsp3) is 0.417. The third-order valence-corrected chi connectivity index (χ3v) is 2.42. The molecule has 12 heavy (non-hydrogen) atoms. The van der Waals surface area contributed by atoms with Crippen LogP contribution in [0.3, 0.4) is 0 Å². The van der Waals surface area contributed by atoms with Crippen LogP contribution in [0.15, 0.2) is 37.5 Å². The smallest absolute Gasteiger partial charge is 0.0136 e. The van der Waals surface area contributed by atoms with E-state index < -0.39 is 0 Å². The normalized spacial score (nSPS) is 28.3. The predicted molar refractivity (Wildman–Crippen MR) is 54.7 cm³/mol. The maximum atomic E-state index is 3.78. The molecule has 1 aliphatic carbocycles. The molecule has 0 aromatic carbocycles. The van der Waals surface area contributed by atoms with Crippen LogP contribution < -0.4 is 0 Å². The standard InChI is InChI=1S/C12H17/c1-3-7-11-9-5-6-10-12(11)8-4-2/h3-5,8-9,11-12H,1-2,6-7,10H2. The van der Waals surface area contributed by atoms with Crippen LogP contribution in [0.2, 0.25) is 0 Å². The lowest BCUT2D eigenvalue weighted by molar-refractivity contribution is 0.414. The summed E-state index contributed by atoms with van der Waals surface area (Å²) in [6.07, 6.45) is 14.3. The van der Waals surface area contributed by atoms with Gasteiger partial charge in [0.15, 0.2) is 0 Å². The summed E-state index contributed by atoms with van der Waals surface area (Å²) in [6.45, 7) is 7.52. The molecule has 0 heteroatoms. The van der Waals surface area contributed by atoms with Gasteiger partial charge in [-0.05, 0) is 37.5 Å². The van der Waals surface area contributed by atoms with Crippen molar-refractivity contribution < 1.29 is 0 Å². The lowest BCUT2D eigenvalue weighted by Crippen LogP contribution is -2.14. The van der Waals surface area contributed by atoms with Gasteiger partial charge in [0.25, 0.3) is 0 Å². The van der Waals surface area contributed by atoms with Crippen molar-refractivity contribution in [3.05, 3.63) is 43.9 Å². The molecular formula is C12H17. The highest BCUT2D eigenvalue weighted by atomic mass is 14.2. The second-order valence-corrected chi connectivity index (χ2v) is 3.29. The van der Waals surface area contributed by atoms with Gasteiger partial charge < -0.3 is 0 Å². The molecular weight excluding hydrogens is 144 g/mol. The molecule has 0 saturated carbocycles. The Labute approximate surface area is 75.7 Å². The molecule has 0 spiro atoms. The Morgan fingerprint density at radius 3 is 2.92 bits per heavy atom. The van der Waals surface area contributed by atoms with E-state index in [1.807, 2.05) is 12.2 Å². The highest BCUT2D eigenvalue weighted by molar-refractivity contribution is 5.06. The lowest BCUT2D eigenvalue weighted by Gasteiger charge is -2.25. The molecule has 65 valence electrons. The number of hydrogen-bond acceptors (Lipinski definition) is 0. The first kappa shape index (κ1) is 9.31. The van der Waals surface area contributed by atoms with E-state index in [0.29, 0.717) is 11.8 Å². The molecule has 0 aliphatic heterocycles. The molecule has 2 atom stereocenters. The van der Waals surface area contributed by atoms with Gasteiger partial charge in [0, 0.05) is 0 Å². The Morgan fingerprint density at radius 1 is 1.42 bits per heavy atom. The summed E-state index contributed by atoms with van der Waals surface area (Å²) < 4.78 is 0. The third-order valence-electron chi connectivity index (χ3n) is 2.42. The molecule has 0 amide bonds. The van der Waals surface area contributed by atoms with E-state index in [0.717, 1.165) is 6.42 Å². The molecule has 0 bridgehead atoms. The zero-order valence-electron chi connectivity index (χ0n) is 7.58. The van der Waals surface area contributed by atoms with E-state index in [-0.39, 0.29) is 0 Å². The highest BCUT2D eigenvalue weighted by Crippen LogP contribution is 2.29. The molecule has 0 heterocycles. The number of hydrogen-bond donors (Lipinski definition) is 0. The van der Waals surface area contributed by atoms with Gasteiger partial charge in [-0.1, -0.05) is 24.3 Å². The van der Waals surface area contributed by atoms with E-state index in [9.17, 15) is 0 Å². The SMILES string of the molecule is C=C[CH]C1CCC=CC1CC=C. The molecule has 0 fully saturated rings. The first-order valence-electron chi connectivity index (χ1n) is 4.62. The first-order valence-corrected chi connectivity index (χ1v) is 4.62. The second-order valence-electron chi connectivity index (χ2n) is 3.29. The molecule has 1 radical (unpaired) electrons. The molecule has 0 saturated heterocycles. The van der Waals surface area contributed by atoms with Crippen LogP contribution in [0.4, 0.5) is 0 Å². The highest BCUT2D eigenvalue weighted by Gasteiger charge is 2.18. The van der Waals surface area contributed by atoms with E-state index in [2.05, 4.69) is 31.7 Å². The Morgan fingerprint density at radius 2 is 2.25 bits per heavy atom. The topological polar surface area (TPSA) is 0 Å². The van der Waals surface area contributed by atoms with Crippen LogP contribution in [-0.2, 0) is 0 Å². The van der Waals surface area contributed by atoms with Crippen LogP contribution in [0.5, 0.6) is 0 Å². The Bertz CT molecular complexity index is 176.